The van der Waals surface area contributed by atoms with E-state index in [-0.39, 0.29) is 0 Å². The van der Waals surface area contributed by atoms with Gasteiger partial charge in [0.15, 0.2) is 15.8 Å². The van der Waals surface area contributed by atoms with Crippen LogP contribution in [-0.4, -0.2) is 58.7 Å². The summed E-state index contributed by atoms with van der Waals surface area (Å²) in [5.74, 6) is 0.660. The van der Waals surface area contributed by atoms with Gasteiger partial charge in [-0.05, 0) is 19.3 Å². The summed E-state index contributed by atoms with van der Waals surface area (Å²) in [6.07, 6.45) is 4.54. The highest BCUT2D eigenvalue weighted by molar-refractivity contribution is 7.92. The SMILES string of the molecule is CCCCNC(=NC)NCC1(S(C)(=O)=O)CCOCC1. The largest absolute Gasteiger partial charge is 0.381 e. The molecule has 0 aromatic carbocycles. The first-order valence-electron chi connectivity index (χ1n) is 7.17. The first-order chi connectivity index (χ1) is 9.45. The van der Waals surface area contributed by atoms with Crippen LogP contribution >= 0.6 is 0 Å². The first-order valence-corrected chi connectivity index (χ1v) is 9.06. The van der Waals surface area contributed by atoms with Crippen molar-refractivity contribution in [2.45, 2.75) is 37.4 Å². The molecule has 0 amide bonds. The summed E-state index contributed by atoms with van der Waals surface area (Å²) in [4.78, 5) is 4.13. The third-order valence-electron chi connectivity index (χ3n) is 3.81. The Labute approximate surface area is 122 Å². The minimum Gasteiger partial charge on any atom is -0.381 e. The van der Waals surface area contributed by atoms with E-state index in [0.717, 1.165) is 19.4 Å². The summed E-state index contributed by atoms with van der Waals surface area (Å²) in [6.45, 7) is 4.33. The van der Waals surface area contributed by atoms with Crippen molar-refractivity contribution in [3.8, 4) is 0 Å². The Bertz CT molecular complexity index is 415. The number of sulfone groups is 1. The van der Waals surface area contributed by atoms with Gasteiger partial charge >= 0.3 is 0 Å². The summed E-state index contributed by atoms with van der Waals surface area (Å²) in [6, 6.07) is 0. The Hall–Kier alpha value is -0.820. The molecular formula is C13H27N3O3S. The maximum absolute atomic E-state index is 12.1. The maximum Gasteiger partial charge on any atom is 0.191 e. The van der Waals surface area contributed by atoms with Gasteiger partial charge < -0.3 is 15.4 Å². The monoisotopic (exact) mass is 305 g/mol. The van der Waals surface area contributed by atoms with Crippen LogP contribution in [0.1, 0.15) is 32.6 Å². The zero-order chi connectivity index (χ0) is 15.1. The molecule has 0 bridgehead atoms. The molecule has 1 rings (SSSR count). The van der Waals surface area contributed by atoms with Crippen molar-refractivity contribution >= 4 is 15.8 Å². The molecule has 7 heteroatoms. The number of nitrogens with zero attached hydrogens (tertiary/aromatic N) is 1. The van der Waals surface area contributed by atoms with Gasteiger partial charge in [-0.3, -0.25) is 4.99 Å². The van der Waals surface area contributed by atoms with Gasteiger partial charge in [0, 0.05) is 39.6 Å². The molecule has 1 aliphatic rings. The topological polar surface area (TPSA) is 79.8 Å². The lowest BCUT2D eigenvalue weighted by atomic mass is 9.99. The van der Waals surface area contributed by atoms with Crippen LogP contribution in [0.15, 0.2) is 4.99 Å². The fourth-order valence-electron chi connectivity index (χ4n) is 2.27. The molecule has 0 radical (unpaired) electrons. The summed E-state index contributed by atoms with van der Waals surface area (Å²) in [5, 5.41) is 6.34. The Morgan fingerprint density at radius 1 is 1.30 bits per heavy atom. The van der Waals surface area contributed by atoms with Crippen molar-refractivity contribution in [2.24, 2.45) is 4.99 Å². The van der Waals surface area contributed by atoms with Crippen LogP contribution in [0.4, 0.5) is 0 Å². The van der Waals surface area contributed by atoms with Crippen LogP contribution in [0.25, 0.3) is 0 Å². The van der Waals surface area contributed by atoms with Crippen LogP contribution < -0.4 is 10.6 Å². The standard InChI is InChI=1S/C13H27N3O3S/c1-4-5-8-15-12(14-2)16-11-13(20(3,17)18)6-9-19-10-7-13/h4-11H2,1-3H3,(H2,14,15,16). The van der Waals surface area contributed by atoms with E-state index < -0.39 is 14.6 Å². The van der Waals surface area contributed by atoms with E-state index in [1.807, 2.05) is 0 Å². The zero-order valence-electron chi connectivity index (χ0n) is 12.7. The molecule has 0 spiro atoms. The number of nitrogens with one attached hydrogen (secondary N) is 2. The van der Waals surface area contributed by atoms with E-state index in [2.05, 4.69) is 22.5 Å². The summed E-state index contributed by atoms with van der Waals surface area (Å²) in [5.41, 5.74) is 0. The second-order valence-corrected chi connectivity index (χ2v) is 7.68. The molecule has 118 valence electrons. The van der Waals surface area contributed by atoms with Crippen LogP contribution in [0.3, 0.4) is 0 Å². The van der Waals surface area contributed by atoms with E-state index in [1.54, 1.807) is 7.05 Å². The quantitative estimate of drug-likeness (QED) is 0.425. The first kappa shape index (κ1) is 17.2. The van der Waals surface area contributed by atoms with Gasteiger partial charge in [-0.2, -0.15) is 0 Å². The molecule has 0 aromatic heterocycles. The van der Waals surface area contributed by atoms with E-state index in [1.165, 1.54) is 6.26 Å². The third kappa shape index (κ3) is 4.63. The summed E-state index contributed by atoms with van der Waals surface area (Å²) < 4.78 is 28.8. The predicted molar refractivity (Wildman–Crippen MR) is 81.9 cm³/mol. The number of hydrogen-bond acceptors (Lipinski definition) is 4. The van der Waals surface area contributed by atoms with Crippen LogP contribution in [0, 0.1) is 0 Å². The molecule has 0 unspecified atom stereocenters. The molecule has 0 atom stereocenters. The van der Waals surface area contributed by atoms with Crippen LogP contribution in [0.2, 0.25) is 0 Å². The molecule has 2 N–H and O–H groups in total. The Balaban J connectivity index is 2.62. The average Bonchev–Trinajstić information content (AvgIpc) is 2.42. The highest BCUT2D eigenvalue weighted by atomic mass is 32.2. The Kier molecular flexibility index (Phi) is 6.75. The second kappa shape index (κ2) is 7.83. The number of ether oxygens (including phenoxy) is 1. The third-order valence-corrected chi connectivity index (χ3v) is 5.94. The molecule has 20 heavy (non-hydrogen) atoms. The fourth-order valence-corrected chi connectivity index (χ4v) is 3.51. The summed E-state index contributed by atoms with van der Waals surface area (Å²) in [7, 11) is -1.45. The van der Waals surface area contributed by atoms with Crippen molar-refractivity contribution in [3.63, 3.8) is 0 Å². The lowest BCUT2D eigenvalue weighted by molar-refractivity contribution is 0.0756. The lowest BCUT2D eigenvalue weighted by Crippen LogP contribution is -2.53. The minimum absolute atomic E-state index is 0.376. The number of aliphatic imine (C=N–C) groups is 1. The van der Waals surface area contributed by atoms with Crippen molar-refractivity contribution in [1.29, 1.82) is 0 Å². The Morgan fingerprint density at radius 3 is 2.45 bits per heavy atom. The van der Waals surface area contributed by atoms with Gasteiger partial charge in [0.1, 0.15) is 0 Å². The zero-order valence-corrected chi connectivity index (χ0v) is 13.6. The summed E-state index contributed by atoms with van der Waals surface area (Å²) >= 11 is 0. The van der Waals surface area contributed by atoms with Crippen LogP contribution in [0.5, 0.6) is 0 Å². The smallest absolute Gasteiger partial charge is 0.191 e. The molecule has 0 saturated carbocycles. The molecule has 1 saturated heterocycles. The van der Waals surface area contributed by atoms with Crippen molar-refractivity contribution < 1.29 is 13.2 Å². The van der Waals surface area contributed by atoms with Crippen LogP contribution in [-0.2, 0) is 14.6 Å². The van der Waals surface area contributed by atoms with Crippen molar-refractivity contribution in [2.75, 3.05) is 39.6 Å². The predicted octanol–water partition coefficient (Wildman–Crippen LogP) is 0.545. The fraction of sp³-hybridized carbons (Fsp3) is 0.923. The molecule has 1 aliphatic heterocycles. The van der Waals surface area contributed by atoms with E-state index >= 15 is 0 Å². The van der Waals surface area contributed by atoms with Gasteiger partial charge in [-0.15, -0.1) is 0 Å². The lowest BCUT2D eigenvalue weighted by Gasteiger charge is -2.35. The number of hydrogen-bond donors (Lipinski definition) is 2. The highest BCUT2D eigenvalue weighted by Gasteiger charge is 2.42. The molecule has 1 heterocycles. The highest BCUT2D eigenvalue weighted by Crippen LogP contribution is 2.28. The molecular weight excluding hydrogens is 278 g/mol. The molecule has 0 aliphatic carbocycles. The average molecular weight is 305 g/mol. The number of unbranched alkanes of at least 4 members (excludes halogenated alkanes) is 1. The second-order valence-electron chi connectivity index (χ2n) is 5.27. The number of rotatable bonds is 6. The van der Waals surface area contributed by atoms with Gasteiger partial charge in [0.25, 0.3) is 0 Å². The number of guanidine groups is 1. The normalized spacial score (nSPS) is 19.6. The molecule has 1 fully saturated rings. The Morgan fingerprint density at radius 2 is 1.95 bits per heavy atom. The molecule has 6 nitrogen and oxygen atoms in total. The van der Waals surface area contributed by atoms with Gasteiger partial charge in [0.2, 0.25) is 0 Å². The molecule has 0 aromatic rings. The van der Waals surface area contributed by atoms with Gasteiger partial charge in [0.05, 0.1) is 4.75 Å². The maximum atomic E-state index is 12.1. The minimum atomic E-state index is -3.14. The van der Waals surface area contributed by atoms with Crippen molar-refractivity contribution in [3.05, 3.63) is 0 Å². The van der Waals surface area contributed by atoms with Crippen molar-refractivity contribution in [1.82, 2.24) is 10.6 Å². The van der Waals surface area contributed by atoms with Gasteiger partial charge in [-0.25, -0.2) is 8.42 Å². The van der Waals surface area contributed by atoms with Gasteiger partial charge in [-0.1, -0.05) is 13.3 Å². The van der Waals surface area contributed by atoms with E-state index in [9.17, 15) is 8.42 Å². The van der Waals surface area contributed by atoms with E-state index in [0.29, 0.717) is 38.6 Å². The van der Waals surface area contributed by atoms with E-state index in [4.69, 9.17) is 4.74 Å².